The van der Waals surface area contributed by atoms with E-state index in [0.29, 0.717) is 28.0 Å². The molecule has 1 amide bonds. The van der Waals surface area contributed by atoms with Gasteiger partial charge in [0.1, 0.15) is 6.33 Å². The third kappa shape index (κ3) is 2.81. The average molecular weight is 407 g/mol. The maximum absolute atomic E-state index is 13.4. The Labute approximate surface area is 172 Å². The lowest BCUT2D eigenvalue weighted by Gasteiger charge is -2.27. The molecule has 0 saturated carbocycles. The van der Waals surface area contributed by atoms with Crippen LogP contribution < -0.4 is 4.90 Å². The van der Waals surface area contributed by atoms with Crippen LogP contribution in [-0.2, 0) is 6.42 Å². The van der Waals surface area contributed by atoms with Crippen LogP contribution in [0.4, 0.5) is 5.69 Å². The summed E-state index contributed by atoms with van der Waals surface area (Å²) in [5, 5.41) is 12.3. The van der Waals surface area contributed by atoms with Gasteiger partial charge in [-0.3, -0.25) is 14.8 Å². The molecule has 146 valence electrons. The van der Waals surface area contributed by atoms with Gasteiger partial charge in [0.15, 0.2) is 11.3 Å². The zero-order valence-electron chi connectivity index (χ0n) is 16.0. The zero-order chi connectivity index (χ0) is 20.1. The second-order valence-electron chi connectivity index (χ2n) is 7.61. The van der Waals surface area contributed by atoms with E-state index >= 15 is 0 Å². The minimum Gasteiger partial charge on any atom is -0.294 e. The van der Waals surface area contributed by atoms with Crippen molar-refractivity contribution in [2.45, 2.75) is 26.3 Å². The van der Waals surface area contributed by atoms with Crippen LogP contribution in [0.2, 0.25) is 5.02 Å². The standard InChI is InChI=1S/C21H19ClN6O/c1-12(2)9-16-18-19(26-25-16)21(29)28(20(18)14-5-3-4-6-15(14)22)13-7-8-17-23-11-24-27(17)10-13/h3-8,10-12,20H,9H2,1-2H3,(H,25,26). The third-order valence-corrected chi connectivity index (χ3v) is 5.53. The normalized spacial score (nSPS) is 16.2. The summed E-state index contributed by atoms with van der Waals surface area (Å²) in [7, 11) is 0. The van der Waals surface area contributed by atoms with Crippen LogP contribution in [0.25, 0.3) is 5.65 Å². The van der Waals surface area contributed by atoms with Crippen molar-refractivity contribution < 1.29 is 4.79 Å². The summed E-state index contributed by atoms with van der Waals surface area (Å²) in [6.45, 7) is 4.29. The van der Waals surface area contributed by atoms with Gasteiger partial charge < -0.3 is 0 Å². The molecular weight excluding hydrogens is 388 g/mol. The lowest BCUT2D eigenvalue weighted by atomic mass is 9.95. The summed E-state index contributed by atoms with van der Waals surface area (Å²) in [4.78, 5) is 19.4. The number of hydrogen-bond acceptors (Lipinski definition) is 4. The number of rotatable bonds is 4. The molecule has 0 bridgehead atoms. The molecular formula is C21H19ClN6O. The van der Waals surface area contributed by atoms with E-state index in [1.54, 1.807) is 9.42 Å². The van der Waals surface area contributed by atoms with Gasteiger partial charge in [-0.2, -0.15) is 10.2 Å². The van der Waals surface area contributed by atoms with E-state index in [0.717, 1.165) is 23.2 Å². The molecule has 0 fully saturated rings. The van der Waals surface area contributed by atoms with Gasteiger partial charge in [0, 0.05) is 16.3 Å². The van der Waals surface area contributed by atoms with Crippen LogP contribution in [0, 0.1) is 5.92 Å². The van der Waals surface area contributed by atoms with Gasteiger partial charge in [0.25, 0.3) is 5.91 Å². The molecule has 1 atom stereocenters. The maximum atomic E-state index is 13.4. The molecule has 1 aliphatic heterocycles. The Morgan fingerprint density at radius 3 is 2.83 bits per heavy atom. The maximum Gasteiger partial charge on any atom is 0.280 e. The number of fused-ring (bicyclic) bond motifs is 2. The number of halogens is 1. The molecule has 0 radical (unpaired) electrons. The van der Waals surface area contributed by atoms with E-state index in [4.69, 9.17) is 11.6 Å². The van der Waals surface area contributed by atoms with Crippen molar-refractivity contribution in [1.29, 1.82) is 0 Å². The number of benzene rings is 1. The second kappa shape index (κ2) is 6.70. The monoisotopic (exact) mass is 406 g/mol. The molecule has 1 unspecified atom stereocenters. The number of carbonyl (C=O) groups excluding carboxylic acids is 1. The molecule has 4 heterocycles. The Morgan fingerprint density at radius 2 is 2.03 bits per heavy atom. The highest BCUT2D eigenvalue weighted by atomic mass is 35.5. The molecule has 4 aromatic rings. The van der Waals surface area contributed by atoms with Crippen LogP contribution in [0.1, 0.15) is 47.2 Å². The summed E-state index contributed by atoms with van der Waals surface area (Å²) in [5.41, 5.74) is 4.61. The number of aromatic amines is 1. The second-order valence-corrected chi connectivity index (χ2v) is 8.02. The summed E-state index contributed by atoms with van der Waals surface area (Å²) in [5.74, 6) is 0.262. The number of nitrogens with zero attached hydrogens (tertiary/aromatic N) is 5. The molecule has 1 aromatic carbocycles. The first-order chi connectivity index (χ1) is 14.0. The van der Waals surface area contributed by atoms with Crippen LogP contribution >= 0.6 is 11.6 Å². The topological polar surface area (TPSA) is 79.2 Å². The Hall–Kier alpha value is -3.19. The van der Waals surface area contributed by atoms with E-state index in [1.165, 1.54) is 6.33 Å². The zero-order valence-corrected chi connectivity index (χ0v) is 16.8. The Balaban J connectivity index is 1.72. The molecule has 1 aliphatic rings. The van der Waals surface area contributed by atoms with Crippen molar-refractivity contribution in [3.05, 3.63) is 76.5 Å². The van der Waals surface area contributed by atoms with E-state index in [1.807, 2.05) is 42.6 Å². The lowest BCUT2D eigenvalue weighted by molar-refractivity contribution is 0.0988. The van der Waals surface area contributed by atoms with Crippen LogP contribution in [0.15, 0.2) is 48.9 Å². The first-order valence-electron chi connectivity index (χ1n) is 9.49. The van der Waals surface area contributed by atoms with Gasteiger partial charge in [-0.05, 0) is 36.1 Å². The molecule has 0 aliphatic carbocycles. The molecule has 0 spiro atoms. The Kier molecular flexibility index (Phi) is 4.13. The van der Waals surface area contributed by atoms with Gasteiger partial charge in [0.2, 0.25) is 0 Å². The highest BCUT2D eigenvalue weighted by Crippen LogP contribution is 2.44. The first kappa shape index (κ1) is 17.9. The largest absolute Gasteiger partial charge is 0.294 e. The van der Waals surface area contributed by atoms with Crippen molar-refractivity contribution >= 4 is 28.8 Å². The number of amides is 1. The molecule has 5 rings (SSSR count). The van der Waals surface area contributed by atoms with Crippen LogP contribution in [0.3, 0.4) is 0 Å². The van der Waals surface area contributed by atoms with Gasteiger partial charge in [-0.15, -0.1) is 0 Å². The summed E-state index contributed by atoms with van der Waals surface area (Å²) < 4.78 is 1.66. The van der Waals surface area contributed by atoms with Crippen LogP contribution in [0.5, 0.6) is 0 Å². The van der Waals surface area contributed by atoms with E-state index in [9.17, 15) is 4.79 Å². The quantitative estimate of drug-likeness (QED) is 0.554. The molecule has 3 aromatic heterocycles. The van der Waals surface area contributed by atoms with E-state index in [2.05, 4.69) is 34.1 Å². The Bertz CT molecular complexity index is 1230. The highest BCUT2D eigenvalue weighted by molar-refractivity contribution is 6.31. The number of hydrogen-bond donors (Lipinski definition) is 1. The van der Waals surface area contributed by atoms with Crippen molar-refractivity contribution in [2.75, 3.05) is 4.90 Å². The van der Waals surface area contributed by atoms with Crippen molar-refractivity contribution in [2.24, 2.45) is 5.92 Å². The van der Waals surface area contributed by atoms with Gasteiger partial charge in [-0.25, -0.2) is 9.50 Å². The number of nitrogens with one attached hydrogen (secondary N) is 1. The first-order valence-corrected chi connectivity index (χ1v) is 9.87. The van der Waals surface area contributed by atoms with Gasteiger partial charge in [0.05, 0.1) is 17.9 Å². The minimum atomic E-state index is -0.361. The van der Waals surface area contributed by atoms with Crippen molar-refractivity contribution in [1.82, 2.24) is 24.8 Å². The minimum absolute atomic E-state index is 0.157. The smallest absolute Gasteiger partial charge is 0.280 e. The van der Waals surface area contributed by atoms with Gasteiger partial charge >= 0.3 is 0 Å². The average Bonchev–Trinajstić information content (AvgIpc) is 3.38. The SMILES string of the molecule is CC(C)Cc1[nH]nc2c1C(c1ccccc1Cl)N(c1ccc3ncnn3c1)C2=O. The van der Waals surface area contributed by atoms with Crippen molar-refractivity contribution in [3.63, 3.8) is 0 Å². The predicted octanol–water partition coefficient (Wildman–Crippen LogP) is 4.05. The number of carbonyl (C=O) groups is 1. The van der Waals surface area contributed by atoms with E-state index in [-0.39, 0.29) is 11.9 Å². The lowest BCUT2D eigenvalue weighted by Crippen LogP contribution is -2.30. The molecule has 7 nitrogen and oxygen atoms in total. The van der Waals surface area contributed by atoms with Crippen LogP contribution in [-0.4, -0.2) is 30.7 Å². The third-order valence-electron chi connectivity index (χ3n) is 5.18. The number of H-pyrrole nitrogens is 1. The van der Waals surface area contributed by atoms with Crippen molar-refractivity contribution in [3.8, 4) is 0 Å². The molecule has 29 heavy (non-hydrogen) atoms. The fraction of sp³-hybridized carbons (Fsp3) is 0.238. The fourth-order valence-electron chi connectivity index (χ4n) is 3.97. The van der Waals surface area contributed by atoms with Gasteiger partial charge in [-0.1, -0.05) is 43.6 Å². The molecule has 0 saturated heterocycles. The number of aromatic nitrogens is 5. The number of anilines is 1. The number of pyridine rings is 1. The predicted molar refractivity (Wildman–Crippen MR) is 110 cm³/mol. The summed E-state index contributed by atoms with van der Waals surface area (Å²) >= 11 is 6.58. The highest BCUT2D eigenvalue weighted by Gasteiger charge is 2.43. The molecule has 1 N–H and O–H groups in total. The molecule has 8 heteroatoms. The Morgan fingerprint density at radius 1 is 1.21 bits per heavy atom. The van der Waals surface area contributed by atoms with E-state index < -0.39 is 0 Å². The summed E-state index contributed by atoms with van der Waals surface area (Å²) in [6.07, 6.45) is 4.09. The summed E-state index contributed by atoms with van der Waals surface area (Å²) in [6, 6.07) is 11.0. The fourth-order valence-corrected chi connectivity index (χ4v) is 4.21.